The maximum atomic E-state index is 12.8. The van der Waals surface area contributed by atoms with Gasteiger partial charge < -0.3 is 4.52 Å². The molecule has 0 N–H and O–H groups in total. The van der Waals surface area contributed by atoms with Crippen LogP contribution < -0.4 is 0 Å². The molecule has 1 aromatic carbocycles. The minimum absolute atomic E-state index is 0.0776. The van der Waals surface area contributed by atoms with Crippen molar-refractivity contribution in [2.45, 2.75) is 30.6 Å². The normalized spacial score (nSPS) is 19.1. The summed E-state index contributed by atoms with van der Waals surface area (Å²) in [6.07, 6.45) is 1.50. The van der Waals surface area contributed by atoms with Crippen molar-refractivity contribution < 1.29 is 12.9 Å². The summed E-state index contributed by atoms with van der Waals surface area (Å²) in [5, 5.41) is 12.8. The van der Waals surface area contributed by atoms with Gasteiger partial charge in [-0.2, -0.15) is 14.6 Å². The number of halogens is 1. The maximum absolute atomic E-state index is 12.8. The molecule has 0 aliphatic carbocycles. The van der Waals surface area contributed by atoms with E-state index in [1.165, 1.54) is 22.5 Å². The zero-order valence-electron chi connectivity index (χ0n) is 12.9. The lowest BCUT2D eigenvalue weighted by molar-refractivity contribution is 0.265. The van der Waals surface area contributed by atoms with Crippen molar-refractivity contribution in [1.82, 2.24) is 14.4 Å². The van der Waals surface area contributed by atoms with Crippen molar-refractivity contribution in [3.05, 3.63) is 40.5 Å². The van der Waals surface area contributed by atoms with E-state index in [0.717, 1.165) is 6.42 Å². The van der Waals surface area contributed by atoms with Gasteiger partial charge in [-0.15, -0.1) is 0 Å². The second-order valence-electron chi connectivity index (χ2n) is 5.64. The summed E-state index contributed by atoms with van der Waals surface area (Å²) in [6, 6.07) is 6.05. The van der Waals surface area contributed by atoms with Crippen LogP contribution in [0.1, 0.15) is 36.0 Å². The number of piperidine rings is 1. The van der Waals surface area contributed by atoms with E-state index in [0.29, 0.717) is 24.7 Å². The van der Waals surface area contributed by atoms with Gasteiger partial charge in [0.1, 0.15) is 6.07 Å². The number of nitriles is 1. The molecule has 1 fully saturated rings. The number of nitrogens with zero attached hydrogens (tertiary/aromatic N) is 4. The first-order chi connectivity index (χ1) is 11.4. The molecule has 0 amide bonds. The topological polar surface area (TPSA) is 100 Å². The van der Waals surface area contributed by atoms with Gasteiger partial charge in [0.15, 0.2) is 5.82 Å². The third kappa shape index (κ3) is 3.15. The minimum Gasteiger partial charge on any atom is -0.339 e. The predicted octanol–water partition coefficient (Wildman–Crippen LogP) is 2.47. The Labute approximate surface area is 144 Å². The molecule has 1 unspecified atom stereocenters. The van der Waals surface area contributed by atoms with Crippen LogP contribution in [-0.4, -0.2) is 36.0 Å². The van der Waals surface area contributed by atoms with E-state index in [9.17, 15) is 8.42 Å². The zero-order valence-corrected chi connectivity index (χ0v) is 14.5. The second-order valence-corrected chi connectivity index (χ2v) is 7.98. The van der Waals surface area contributed by atoms with E-state index in [1.807, 2.05) is 6.07 Å². The smallest absolute Gasteiger partial charge is 0.243 e. The fraction of sp³-hybridized carbons (Fsp3) is 0.400. The van der Waals surface area contributed by atoms with E-state index in [1.54, 1.807) is 6.92 Å². The quantitative estimate of drug-likeness (QED) is 0.827. The molecule has 3 rings (SSSR count). The molecule has 0 bridgehead atoms. The van der Waals surface area contributed by atoms with Gasteiger partial charge in [0.05, 0.1) is 21.4 Å². The highest BCUT2D eigenvalue weighted by Gasteiger charge is 2.33. The van der Waals surface area contributed by atoms with Gasteiger partial charge in [0.2, 0.25) is 15.9 Å². The van der Waals surface area contributed by atoms with E-state index in [-0.39, 0.29) is 27.9 Å². The van der Waals surface area contributed by atoms with Crippen LogP contribution in [0.25, 0.3) is 0 Å². The average Bonchev–Trinajstić information content (AvgIpc) is 3.01. The first-order valence-electron chi connectivity index (χ1n) is 7.42. The van der Waals surface area contributed by atoms with E-state index < -0.39 is 10.0 Å². The standard InChI is InChI=1S/C15H15ClN4O3S/c1-10-18-15(23-19-10)12-3-2-6-20(9-12)24(21,22)13-5-4-11(8-17)14(16)7-13/h4-5,7,12H,2-3,6,9H2,1H3. The minimum atomic E-state index is -3.69. The summed E-state index contributed by atoms with van der Waals surface area (Å²) in [7, 11) is -3.69. The average molecular weight is 367 g/mol. The molecule has 1 atom stereocenters. The highest BCUT2D eigenvalue weighted by molar-refractivity contribution is 7.89. The SMILES string of the molecule is Cc1noc(C2CCCN(S(=O)(=O)c3ccc(C#N)c(Cl)c3)C2)n1. The molecule has 9 heteroatoms. The van der Waals surface area contributed by atoms with Crippen molar-refractivity contribution in [2.75, 3.05) is 13.1 Å². The Morgan fingerprint density at radius 3 is 2.88 bits per heavy atom. The van der Waals surface area contributed by atoms with Gasteiger partial charge in [-0.05, 0) is 38.0 Å². The maximum Gasteiger partial charge on any atom is 0.243 e. The number of aryl methyl sites for hydroxylation is 1. The summed E-state index contributed by atoms with van der Waals surface area (Å²) in [6.45, 7) is 2.42. The highest BCUT2D eigenvalue weighted by Crippen LogP contribution is 2.30. The number of rotatable bonds is 3. The van der Waals surface area contributed by atoms with Crippen LogP contribution in [0.4, 0.5) is 0 Å². The Morgan fingerprint density at radius 2 is 2.25 bits per heavy atom. The van der Waals surface area contributed by atoms with Crippen LogP contribution in [-0.2, 0) is 10.0 Å². The summed E-state index contributed by atoms with van der Waals surface area (Å²) in [5.74, 6) is 0.873. The molecular weight excluding hydrogens is 352 g/mol. The Hall–Kier alpha value is -1.95. The van der Waals surface area contributed by atoms with Crippen molar-refractivity contribution in [3.63, 3.8) is 0 Å². The van der Waals surface area contributed by atoms with Crippen molar-refractivity contribution >= 4 is 21.6 Å². The van der Waals surface area contributed by atoms with Crippen molar-refractivity contribution in [2.24, 2.45) is 0 Å². The molecule has 0 spiro atoms. The second kappa shape index (κ2) is 6.51. The fourth-order valence-corrected chi connectivity index (χ4v) is 4.58. The number of benzene rings is 1. The molecule has 1 aliphatic rings. The van der Waals surface area contributed by atoms with Crippen LogP contribution in [0.5, 0.6) is 0 Å². The number of aromatic nitrogens is 2. The Kier molecular flexibility index (Phi) is 4.58. The first-order valence-corrected chi connectivity index (χ1v) is 9.23. The number of sulfonamides is 1. The molecule has 24 heavy (non-hydrogen) atoms. The molecule has 1 aromatic heterocycles. The van der Waals surface area contributed by atoms with Crippen LogP contribution in [0.3, 0.4) is 0 Å². The van der Waals surface area contributed by atoms with E-state index in [2.05, 4.69) is 10.1 Å². The van der Waals surface area contributed by atoms with Gasteiger partial charge in [-0.25, -0.2) is 8.42 Å². The first kappa shape index (κ1) is 16.9. The lowest BCUT2D eigenvalue weighted by atomic mass is 10.00. The van der Waals surface area contributed by atoms with Gasteiger partial charge in [-0.3, -0.25) is 0 Å². The highest BCUT2D eigenvalue weighted by atomic mass is 35.5. The fourth-order valence-electron chi connectivity index (χ4n) is 2.74. The van der Waals surface area contributed by atoms with Crippen LogP contribution in [0.15, 0.2) is 27.6 Å². The van der Waals surface area contributed by atoms with Crippen LogP contribution in [0, 0.1) is 18.3 Å². The molecule has 7 nitrogen and oxygen atoms in total. The monoisotopic (exact) mass is 366 g/mol. The largest absolute Gasteiger partial charge is 0.339 e. The molecule has 126 valence electrons. The van der Waals surface area contributed by atoms with Crippen molar-refractivity contribution in [3.8, 4) is 6.07 Å². The molecule has 1 saturated heterocycles. The van der Waals surface area contributed by atoms with Gasteiger partial charge in [0, 0.05) is 13.1 Å². The van der Waals surface area contributed by atoms with Crippen LogP contribution >= 0.6 is 11.6 Å². The van der Waals surface area contributed by atoms with Crippen LogP contribution in [0.2, 0.25) is 5.02 Å². The summed E-state index contributed by atoms with van der Waals surface area (Å²) >= 11 is 5.96. The third-order valence-electron chi connectivity index (χ3n) is 3.98. The van der Waals surface area contributed by atoms with Gasteiger partial charge in [0.25, 0.3) is 0 Å². The summed E-state index contributed by atoms with van der Waals surface area (Å²) in [5.41, 5.74) is 0.244. The Balaban J connectivity index is 1.86. The molecule has 2 heterocycles. The molecule has 0 saturated carbocycles. The lowest BCUT2D eigenvalue weighted by Gasteiger charge is -2.30. The number of hydrogen-bond donors (Lipinski definition) is 0. The van der Waals surface area contributed by atoms with Gasteiger partial charge in [-0.1, -0.05) is 16.8 Å². The Morgan fingerprint density at radius 1 is 1.46 bits per heavy atom. The third-order valence-corrected chi connectivity index (χ3v) is 6.15. The van der Waals surface area contributed by atoms with E-state index >= 15 is 0 Å². The predicted molar refractivity (Wildman–Crippen MR) is 85.9 cm³/mol. The van der Waals surface area contributed by atoms with Gasteiger partial charge >= 0.3 is 0 Å². The summed E-state index contributed by atoms with van der Waals surface area (Å²) in [4.78, 5) is 4.28. The molecule has 0 radical (unpaired) electrons. The van der Waals surface area contributed by atoms with Crippen molar-refractivity contribution in [1.29, 1.82) is 5.26 Å². The Bertz CT molecular complexity index is 904. The zero-order chi connectivity index (χ0) is 17.3. The lowest BCUT2D eigenvalue weighted by Crippen LogP contribution is -2.39. The number of hydrogen-bond acceptors (Lipinski definition) is 6. The molecular formula is C15H15ClN4O3S. The van der Waals surface area contributed by atoms with E-state index in [4.69, 9.17) is 21.4 Å². The molecule has 1 aliphatic heterocycles. The molecule has 2 aromatic rings. The summed E-state index contributed by atoms with van der Waals surface area (Å²) < 4.78 is 32.3.